The molecule has 1 N–H and O–H groups in total. The minimum absolute atomic E-state index is 0.0252. The summed E-state index contributed by atoms with van der Waals surface area (Å²) < 4.78 is 0. The van der Waals surface area contributed by atoms with Crippen LogP contribution in [0.15, 0.2) is 12.7 Å². The molecule has 1 aliphatic heterocycles. The van der Waals surface area contributed by atoms with Crippen LogP contribution in [0.3, 0.4) is 0 Å². The van der Waals surface area contributed by atoms with E-state index < -0.39 is 6.09 Å². The minimum atomic E-state index is -0.885. The highest BCUT2D eigenvalue weighted by Gasteiger charge is 2.40. The van der Waals surface area contributed by atoms with Gasteiger partial charge in [0.25, 0.3) is 0 Å². The van der Waals surface area contributed by atoms with E-state index in [1.807, 2.05) is 20.8 Å². The Bertz CT molecular complexity index is 343. The third-order valence-corrected chi connectivity index (χ3v) is 3.65. The number of likely N-dealkylation sites (tertiary alicyclic amines) is 1. The van der Waals surface area contributed by atoms with Crippen LogP contribution in [0.1, 0.15) is 40.0 Å². The van der Waals surface area contributed by atoms with Crippen molar-refractivity contribution in [3.63, 3.8) is 0 Å². The number of carboxylic acid groups (broad SMARTS) is 1. The molecule has 1 aliphatic rings. The first kappa shape index (κ1) is 14.7. The second kappa shape index (κ2) is 5.55. The van der Waals surface area contributed by atoms with Gasteiger partial charge in [0.15, 0.2) is 0 Å². The molecule has 1 saturated heterocycles. The lowest BCUT2D eigenvalue weighted by atomic mass is 9.75. The summed E-state index contributed by atoms with van der Waals surface area (Å²) >= 11 is 0. The molecule has 102 valence electrons. The molecule has 4 nitrogen and oxygen atoms in total. The summed E-state index contributed by atoms with van der Waals surface area (Å²) in [5.41, 5.74) is -0.147. The average molecular weight is 253 g/mol. The summed E-state index contributed by atoms with van der Waals surface area (Å²) in [6, 6.07) is -0.0949. The Hall–Kier alpha value is -1.32. The average Bonchev–Trinajstić information content (AvgIpc) is 2.27. The van der Waals surface area contributed by atoms with E-state index in [0.717, 1.165) is 0 Å². The number of piperidine rings is 1. The number of Topliss-reactive ketones (excluding diaryl/α,β-unsaturated/α-hetero) is 1. The smallest absolute Gasteiger partial charge is 0.407 e. The Kier molecular flexibility index (Phi) is 4.54. The lowest BCUT2D eigenvalue weighted by Gasteiger charge is -2.44. The van der Waals surface area contributed by atoms with Gasteiger partial charge < -0.3 is 10.0 Å². The van der Waals surface area contributed by atoms with Crippen molar-refractivity contribution < 1.29 is 14.7 Å². The molecule has 1 fully saturated rings. The first-order chi connectivity index (χ1) is 8.27. The molecule has 1 rings (SSSR count). The Labute approximate surface area is 109 Å². The van der Waals surface area contributed by atoms with Gasteiger partial charge in [-0.3, -0.25) is 4.79 Å². The molecule has 0 aromatic rings. The number of hydrogen-bond acceptors (Lipinski definition) is 2. The third kappa shape index (κ3) is 3.34. The molecule has 18 heavy (non-hydrogen) atoms. The lowest BCUT2D eigenvalue weighted by Crippen LogP contribution is -2.52. The number of hydrogen-bond donors (Lipinski definition) is 1. The fraction of sp³-hybridized carbons (Fsp3) is 0.714. The van der Waals surface area contributed by atoms with Crippen LogP contribution >= 0.6 is 0 Å². The van der Waals surface area contributed by atoms with Gasteiger partial charge in [0.2, 0.25) is 0 Å². The van der Waals surface area contributed by atoms with Crippen LogP contribution in [0.25, 0.3) is 0 Å². The van der Waals surface area contributed by atoms with Gasteiger partial charge in [-0.2, -0.15) is 0 Å². The van der Waals surface area contributed by atoms with Crippen molar-refractivity contribution in [1.82, 2.24) is 4.90 Å². The van der Waals surface area contributed by atoms with E-state index in [1.54, 1.807) is 6.08 Å². The molecular formula is C14H23NO3. The summed E-state index contributed by atoms with van der Waals surface area (Å²) in [6.07, 6.45) is 2.38. The third-order valence-electron chi connectivity index (χ3n) is 3.65. The van der Waals surface area contributed by atoms with E-state index in [1.165, 1.54) is 4.90 Å². The van der Waals surface area contributed by atoms with Gasteiger partial charge in [-0.15, -0.1) is 6.58 Å². The molecular weight excluding hydrogens is 230 g/mol. The van der Waals surface area contributed by atoms with E-state index >= 15 is 0 Å². The highest BCUT2D eigenvalue weighted by molar-refractivity contribution is 5.82. The van der Waals surface area contributed by atoms with Gasteiger partial charge >= 0.3 is 6.09 Å². The monoisotopic (exact) mass is 253 g/mol. The van der Waals surface area contributed by atoms with E-state index in [-0.39, 0.29) is 23.2 Å². The van der Waals surface area contributed by atoms with Crippen LogP contribution in [0.5, 0.6) is 0 Å². The number of ketones is 1. The predicted octanol–water partition coefficient (Wildman–Crippen LogP) is 2.94. The summed E-state index contributed by atoms with van der Waals surface area (Å²) in [7, 11) is 0. The molecule has 4 heteroatoms. The van der Waals surface area contributed by atoms with Gasteiger partial charge in [0.05, 0.1) is 0 Å². The maximum absolute atomic E-state index is 11.9. The largest absolute Gasteiger partial charge is 0.465 e. The number of carbonyl (C=O) groups excluding carboxylic acids is 1. The van der Waals surface area contributed by atoms with Crippen molar-refractivity contribution in [2.45, 2.75) is 46.1 Å². The molecule has 2 atom stereocenters. The summed E-state index contributed by atoms with van der Waals surface area (Å²) in [5.74, 6) is 0.159. The van der Waals surface area contributed by atoms with E-state index in [4.69, 9.17) is 0 Å². The van der Waals surface area contributed by atoms with Gasteiger partial charge in [0.1, 0.15) is 5.78 Å². The van der Waals surface area contributed by atoms with Crippen molar-refractivity contribution in [1.29, 1.82) is 0 Å². The number of rotatable bonds is 3. The summed E-state index contributed by atoms with van der Waals surface area (Å²) in [4.78, 5) is 24.6. The second-order valence-corrected chi connectivity index (χ2v) is 6.04. The molecule has 0 aromatic carbocycles. The first-order valence-electron chi connectivity index (χ1n) is 6.40. The van der Waals surface area contributed by atoms with E-state index in [2.05, 4.69) is 6.58 Å². The van der Waals surface area contributed by atoms with Crippen LogP contribution in [0.2, 0.25) is 0 Å². The lowest BCUT2D eigenvalue weighted by molar-refractivity contribution is -0.124. The molecule has 0 spiro atoms. The Balaban J connectivity index is 2.83. The van der Waals surface area contributed by atoms with Crippen LogP contribution in [-0.2, 0) is 4.79 Å². The zero-order valence-electron chi connectivity index (χ0n) is 11.5. The van der Waals surface area contributed by atoms with Gasteiger partial charge in [-0.25, -0.2) is 4.79 Å². The van der Waals surface area contributed by atoms with Crippen molar-refractivity contribution >= 4 is 11.9 Å². The number of amides is 1. The van der Waals surface area contributed by atoms with E-state index in [0.29, 0.717) is 25.8 Å². The molecule has 0 aliphatic carbocycles. The fourth-order valence-electron chi connectivity index (χ4n) is 2.62. The molecule has 0 aromatic heterocycles. The van der Waals surface area contributed by atoms with Gasteiger partial charge in [0, 0.05) is 24.9 Å². The van der Waals surface area contributed by atoms with Crippen LogP contribution in [-0.4, -0.2) is 34.5 Å². The topological polar surface area (TPSA) is 57.6 Å². The van der Waals surface area contributed by atoms with Crippen LogP contribution in [0.4, 0.5) is 4.79 Å². The van der Waals surface area contributed by atoms with Gasteiger partial charge in [-0.1, -0.05) is 26.8 Å². The summed E-state index contributed by atoms with van der Waals surface area (Å²) in [6.45, 7) is 10.1. The van der Waals surface area contributed by atoms with Crippen molar-refractivity contribution in [2.75, 3.05) is 6.54 Å². The Morgan fingerprint density at radius 1 is 1.44 bits per heavy atom. The SMILES string of the molecule is C=CCC(=O)C1CCN(C(=O)O)C(C(C)(C)C)C1. The van der Waals surface area contributed by atoms with Gasteiger partial charge in [-0.05, 0) is 18.3 Å². The number of carbonyl (C=O) groups is 2. The Morgan fingerprint density at radius 3 is 2.50 bits per heavy atom. The number of allylic oxidation sites excluding steroid dienone is 1. The van der Waals surface area contributed by atoms with Crippen molar-refractivity contribution in [3.8, 4) is 0 Å². The number of nitrogens with zero attached hydrogens (tertiary/aromatic N) is 1. The Morgan fingerprint density at radius 2 is 2.06 bits per heavy atom. The minimum Gasteiger partial charge on any atom is -0.465 e. The van der Waals surface area contributed by atoms with Crippen LogP contribution in [0, 0.1) is 11.3 Å². The highest BCUT2D eigenvalue weighted by Crippen LogP contribution is 2.35. The molecule has 1 heterocycles. The fourth-order valence-corrected chi connectivity index (χ4v) is 2.62. The quantitative estimate of drug-likeness (QED) is 0.787. The van der Waals surface area contributed by atoms with Crippen molar-refractivity contribution in [2.24, 2.45) is 11.3 Å². The van der Waals surface area contributed by atoms with E-state index in [9.17, 15) is 14.7 Å². The first-order valence-corrected chi connectivity index (χ1v) is 6.40. The predicted molar refractivity (Wildman–Crippen MR) is 70.5 cm³/mol. The maximum Gasteiger partial charge on any atom is 0.407 e. The molecule has 0 radical (unpaired) electrons. The van der Waals surface area contributed by atoms with Crippen molar-refractivity contribution in [3.05, 3.63) is 12.7 Å². The standard InChI is InChI=1S/C14H23NO3/c1-5-6-11(16)10-7-8-15(13(17)18)12(9-10)14(2,3)4/h5,10,12H,1,6-9H2,2-4H3,(H,17,18). The zero-order chi connectivity index (χ0) is 13.9. The molecule has 1 amide bonds. The molecule has 2 unspecified atom stereocenters. The zero-order valence-corrected chi connectivity index (χ0v) is 11.5. The molecule has 0 bridgehead atoms. The highest BCUT2D eigenvalue weighted by atomic mass is 16.4. The second-order valence-electron chi connectivity index (χ2n) is 6.04. The maximum atomic E-state index is 11.9. The van der Waals surface area contributed by atoms with Crippen LogP contribution < -0.4 is 0 Å². The summed E-state index contributed by atoms with van der Waals surface area (Å²) in [5, 5.41) is 9.23. The normalized spacial score (nSPS) is 24.7. The molecule has 0 saturated carbocycles.